The number of phenols is 1. The molecule has 1 unspecified atom stereocenters. The summed E-state index contributed by atoms with van der Waals surface area (Å²) in [4.78, 5) is 26.8. The van der Waals surface area contributed by atoms with Crippen LogP contribution in [0.25, 0.3) is 5.76 Å². The van der Waals surface area contributed by atoms with E-state index in [0.29, 0.717) is 30.7 Å². The lowest BCUT2D eigenvalue weighted by atomic mass is 9.95. The summed E-state index contributed by atoms with van der Waals surface area (Å²) >= 11 is 0. The fourth-order valence-corrected chi connectivity index (χ4v) is 3.24. The fraction of sp³-hybridized carbons (Fsp3) is 0.238. The van der Waals surface area contributed by atoms with Gasteiger partial charge in [0.2, 0.25) is 0 Å². The Balaban J connectivity index is 2.10. The monoisotopic (exact) mass is 367 g/mol. The molecule has 27 heavy (non-hydrogen) atoms. The van der Waals surface area contributed by atoms with Gasteiger partial charge in [-0.05, 0) is 24.1 Å². The first kappa shape index (κ1) is 18.7. The average molecular weight is 367 g/mol. The Bertz CT molecular complexity index is 858. The molecule has 1 amide bonds. The minimum atomic E-state index is -0.720. The zero-order chi connectivity index (χ0) is 19.4. The molecule has 0 radical (unpaired) electrons. The molecule has 1 fully saturated rings. The Morgan fingerprint density at radius 3 is 2.37 bits per heavy atom. The molecule has 0 saturated carbocycles. The third kappa shape index (κ3) is 3.71. The number of aliphatic hydroxyl groups is 1. The highest BCUT2D eigenvalue weighted by molar-refractivity contribution is 6.46. The minimum Gasteiger partial charge on any atom is -0.508 e. The van der Waals surface area contributed by atoms with E-state index in [1.807, 2.05) is 0 Å². The van der Waals surface area contributed by atoms with Crippen LogP contribution in [0.15, 0.2) is 60.2 Å². The summed E-state index contributed by atoms with van der Waals surface area (Å²) in [5.41, 5.74) is 1.16. The second-order valence-corrected chi connectivity index (χ2v) is 6.30. The maximum atomic E-state index is 12.7. The maximum Gasteiger partial charge on any atom is 0.295 e. The Hall–Kier alpha value is -3.12. The highest BCUT2D eigenvalue weighted by atomic mass is 16.5. The van der Waals surface area contributed by atoms with Gasteiger partial charge < -0.3 is 19.8 Å². The van der Waals surface area contributed by atoms with Crippen molar-refractivity contribution in [3.8, 4) is 5.75 Å². The van der Waals surface area contributed by atoms with Crippen molar-refractivity contribution in [2.75, 3.05) is 20.3 Å². The van der Waals surface area contributed by atoms with Crippen LogP contribution in [0.4, 0.5) is 0 Å². The maximum absolute atomic E-state index is 12.7. The number of methoxy groups -OCH3 is 1. The Labute approximate surface area is 157 Å². The van der Waals surface area contributed by atoms with Gasteiger partial charge in [-0.3, -0.25) is 9.59 Å². The fourth-order valence-electron chi connectivity index (χ4n) is 3.24. The second kappa shape index (κ2) is 8.05. The smallest absolute Gasteiger partial charge is 0.295 e. The lowest BCUT2D eigenvalue weighted by Gasteiger charge is -2.25. The number of aliphatic hydroxyl groups excluding tert-OH is 1. The number of carbonyl (C=O) groups excluding carboxylic acids is 2. The number of Topliss-reactive ketones (excluding diaryl/α,β-unsaturated/α-hetero) is 1. The molecule has 0 bridgehead atoms. The molecule has 6 nitrogen and oxygen atoms in total. The summed E-state index contributed by atoms with van der Waals surface area (Å²) in [5.74, 6) is -1.49. The Kier molecular flexibility index (Phi) is 5.57. The van der Waals surface area contributed by atoms with Crippen LogP contribution in [0.2, 0.25) is 0 Å². The second-order valence-electron chi connectivity index (χ2n) is 6.30. The molecule has 1 heterocycles. The predicted molar refractivity (Wildman–Crippen MR) is 100 cm³/mol. The average Bonchev–Trinajstić information content (AvgIpc) is 2.94. The third-order valence-electron chi connectivity index (χ3n) is 4.54. The van der Waals surface area contributed by atoms with Gasteiger partial charge in [0.15, 0.2) is 0 Å². The predicted octanol–water partition coefficient (Wildman–Crippen LogP) is 2.85. The molecule has 2 N–H and O–H groups in total. The molecule has 3 rings (SSSR count). The van der Waals surface area contributed by atoms with Crippen LogP contribution < -0.4 is 0 Å². The number of likely N-dealkylation sites (tertiary alicyclic amines) is 1. The normalized spacial score (nSPS) is 18.9. The zero-order valence-electron chi connectivity index (χ0n) is 15.0. The number of rotatable bonds is 6. The number of benzene rings is 2. The van der Waals surface area contributed by atoms with Crippen molar-refractivity contribution in [3.05, 3.63) is 71.3 Å². The summed E-state index contributed by atoms with van der Waals surface area (Å²) in [6, 6.07) is 14.2. The van der Waals surface area contributed by atoms with E-state index < -0.39 is 17.7 Å². The highest BCUT2D eigenvalue weighted by Crippen LogP contribution is 2.39. The van der Waals surface area contributed by atoms with Gasteiger partial charge in [0.05, 0.1) is 11.6 Å². The molecule has 2 aromatic carbocycles. The first-order chi connectivity index (χ1) is 13.0. The van der Waals surface area contributed by atoms with Gasteiger partial charge in [0, 0.05) is 25.8 Å². The third-order valence-corrected chi connectivity index (χ3v) is 4.54. The van der Waals surface area contributed by atoms with E-state index in [1.54, 1.807) is 49.6 Å². The molecule has 1 saturated heterocycles. The van der Waals surface area contributed by atoms with Crippen molar-refractivity contribution in [3.63, 3.8) is 0 Å². The van der Waals surface area contributed by atoms with Crippen LogP contribution in [-0.4, -0.2) is 47.1 Å². The molecule has 0 aliphatic carbocycles. The van der Waals surface area contributed by atoms with E-state index in [2.05, 4.69) is 0 Å². The summed E-state index contributed by atoms with van der Waals surface area (Å²) in [7, 11) is 1.57. The lowest BCUT2D eigenvalue weighted by molar-refractivity contribution is -0.140. The molecule has 0 spiro atoms. The van der Waals surface area contributed by atoms with Gasteiger partial charge in [-0.25, -0.2) is 0 Å². The first-order valence-electron chi connectivity index (χ1n) is 8.66. The molecular weight excluding hydrogens is 346 g/mol. The van der Waals surface area contributed by atoms with Gasteiger partial charge in [0.1, 0.15) is 11.5 Å². The van der Waals surface area contributed by atoms with E-state index in [9.17, 15) is 19.8 Å². The summed E-state index contributed by atoms with van der Waals surface area (Å²) in [6.07, 6.45) is 0.559. The van der Waals surface area contributed by atoms with Crippen LogP contribution in [0.1, 0.15) is 23.6 Å². The van der Waals surface area contributed by atoms with Gasteiger partial charge in [-0.2, -0.15) is 0 Å². The summed E-state index contributed by atoms with van der Waals surface area (Å²) in [6.45, 7) is 0.763. The molecule has 1 atom stereocenters. The highest BCUT2D eigenvalue weighted by Gasteiger charge is 2.45. The molecular formula is C21H21NO5. The standard InChI is InChI=1S/C21H21NO5/c1-27-13-5-12-22-18(14-8-10-16(23)11-9-14)17(20(25)21(22)26)19(24)15-6-3-2-4-7-15/h2-4,6-11,18,23-24H,5,12-13H2,1H3/b19-17+. The quantitative estimate of drug-likeness (QED) is 0.355. The molecule has 2 aromatic rings. The van der Waals surface area contributed by atoms with Crippen LogP contribution in [-0.2, 0) is 14.3 Å². The van der Waals surface area contributed by atoms with E-state index in [1.165, 1.54) is 17.0 Å². The Morgan fingerprint density at radius 2 is 1.74 bits per heavy atom. The van der Waals surface area contributed by atoms with Crippen molar-refractivity contribution in [2.24, 2.45) is 0 Å². The molecule has 140 valence electrons. The number of aromatic hydroxyl groups is 1. The molecule has 6 heteroatoms. The number of hydrogen-bond donors (Lipinski definition) is 2. The summed E-state index contributed by atoms with van der Waals surface area (Å²) < 4.78 is 5.05. The van der Waals surface area contributed by atoms with Crippen molar-refractivity contribution in [2.45, 2.75) is 12.5 Å². The minimum absolute atomic E-state index is 0.0503. The zero-order valence-corrected chi connectivity index (χ0v) is 15.0. The topological polar surface area (TPSA) is 87.1 Å². The van der Waals surface area contributed by atoms with Crippen molar-refractivity contribution >= 4 is 17.4 Å². The summed E-state index contributed by atoms with van der Waals surface area (Å²) in [5, 5.41) is 20.4. The van der Waals surface area contributed by atoms with Gasteiger partial charge in [-0.1, -0.05) is 42.5 Å². The Morgan fingerprint density at radius 1 is 1.07 bits per heavy atom. The van der Waals surface area contributed by atoms with Crippen LogP contribution in [0.3, 0.4) is 0 Å². The van der Waals surface area contributed by atoms with Gasteiger partial charge in [-0.15, -0.1) is 0 Å². The van der Waals surface area contributed by atoms with Crippen molar-refractivity contribution < 1.29 is 24.5 Å². The number of ketones is 1. The van der Waals surface area contributed by atoms with Gasteiger partial charge in [0.25, 0.3) is 11.7 Å². The molecule has 1 aliphatic rings. The molecule has 1 aliphatic heterocycles. The first-order valence-corrected chi connectivity index (χ1v) is 8.66. The van der Waals surface area contributed by atoms with Crippen LogP contribution >= 0.6 is 0 Å². The number of nitrogens with zero attached hydrogens (tertiary/aromatic N) is 1. The number of amides is 1. The SMILES string of the molecule is COCCCN1C(=O)C(=O)/C(=C(/O)c2ccccc2)C1c1ccc(O)cc1. The van der Waals surface area contributed by atoms with E-state index in [-0.39, 0.29) is 17.1 Å². The van der Waals surface area contributed by atoms with Crippen LogP contribution in [0.5, 0.6) is 5.75 Å². The number of ether oxygens (including phenoxy) is 1. The van der Waals surface area contributed by atoms with Crippen molar-refractivity contribution in [1.29, 1.82) is 0 Å². The van der Waals surface area contributed by atoms with Crippen molar-refractivity contribution in [1.82, 2.24) is 4.90 Å². The number of carbonyl (C=O) groups is 2. The van der Waals surface area contributed by atoms with E-state index >= 15 is 0 Å². The number of hydrogen-bond acceptors (Lipinski definition) is 5. The van der Waals surface area contributed by atoms with E-state index in [4.69, 9.17) is 4.74 Å². The van der Waals surface area contributed by atoms with Crippen LogP contribution in [0, 0.1) is 0 Å². The van der Waals surface area contributed by atoms with Gasteiger partial charge >= 0.3 is 0 Å². The number of phenolic OH excluding ortho intramolecular Hbond substituents is 1. The largest absolute Gasteiger partial charge is 0.508 e. The lowest BCUT2D eigenvalue weighted by Crippen LogP contribution is -2.31. The molecule has 0 aromatic heterocycles. The van der Waals surface area contributed by atoms with E-state index in [0.717, 1.165) is 0 Å².